The van der Waals surface area contributed by atoms with Crippen LogP contribution in [0.1, 0.15) is 13.8 Å². The van der Waals surface area contributed by atoms with Crippen LogP contribution in [0.5, 0.6) is 0 Å². The molecular formula is C9H22N2O3. The highest BCUT2D eigenvalue weighted by molar-refractivity contribution is 4.58. The minimum atomic E-state index is -0.159. The van der Waals surface area contributed by atoms with Gasteiger partial charge in [0.15, 0.2) is 0 Å². The lowest BCUT2D eigenvalue weighted by Crippen LogP contribution is -2.35. The normalized spacial score (nSPS) is 15.4. The lowest BCUT2D eigenvalue weighted by atomic mass is 10.4. The minimum Gasteiger partial charge on any atom is -0.380 e. The summed E-state index contributed by atoms with van der Waals surface area (Å²) in [6, 6.07) is 0. The molecule has 3 N–H and O–H groups in total. The van der Waals surface area contributed by atoms with Crippen molar-refractivity contribution in [2.45, 2.75) is 26.1 Å². The molecule has 0 aromatic heterocycles. The van der Waals surface area contributed by atoms with Gasteiger partial charge in [0.1, 0.15) is 6.10 Å². The van der Waals surface area contributed by atoms with Crippen LogP contribution in [0.25, 0.3) is 0 Å². The molecular weight excluding hydrogens is 184 g/mol. The first-order valence-corrected chi connectivity index (χ1v) is 4.95. The number of nitrogens with one attached hydrogen (secondary N) is 2. The second-order valence-electron chi connectivity index (χ2n) is 3.37. The van der Waals surface area contributed by atoms with Gasteiger partial charge in [-0.15, -0.1) is 0 Å². The third-order valence-electron chi connectivity index (χ3n) is 1.92. The van der Waals surface area contributed by atoms with Crippen LogP contribution in [-0.2, 0) is 9.62 Å². The maximum absolute atomic E-state index is 8.27. The summed E-state index contributed by atoms with van der Waals surface area (Å²) in [6.07, 6.45) is 0.0857. The smallest absolute Gasteiger partial charge is 0.102 e. The summed E-state index contributed by atoms with van der Waals surface area (Å²) in [4.78, 5) is 4.11. The molecule has 0 rings (SSSR count). The molecule has 2 atom stereocenters. The van der Waals surface area contributed by atoms with E-state index in [0.717, 1.165) is 19.6 Å². The molecule has 5 nitrogen and oxygen atoms in total. The van der Waals surface area contributed by atoms with Crippen molar-refractivity contribution in [1.29, 1.82) is 0 Å². The molecule has 0 radical (unpaired) electrons. The van der Waals surface area contributed by atoms with E-state index in [4.69, 9.17) is 9.99 Å². The minimum absolute atomic E-state index is 0.159. The summed E-state index contributed by atoms with van der Waals surface area (Å²) in [5, 5.41) is 14.6. The summed E-state index contributed by atoms with van der Waals surface area (Å²) in [5.74, 6) is 0. The van der Waals surface area contributed by atoms with Crippen LogP contribution < -0.4 is 10.6 Å². The zero-order valence-corrected chi connectivity index (χ0v) is 9.25. The predicted molar refractivity (Wildman–Crippen MR) is 55.4 cm³/mol. The highest BCUT2D eigenvalue weighted by Gasteiger charge is 1.99. The van der Waals surface area contributed by atoms with Gasteiger partial charge in [0.2, 0.25) is 0 Å². The lowest BCUT2D eigenvalue weighted by Gasteiger charge is -2.12. The summed E-state index contributed by atoms with van der Waals surface area (Å²) in [7, 11) is 1.70. The van der Waals surface area contributed by atoms with Crippen molar-refractivity contribution in [1.82, 2.24) is 10.6 Å². The molecule has 86 valence electrons. The van der Waals surface area contributed by atoms with Crippen LogP contribution in [0.15, 0.2) is 0 Å². The molecule has 5 heteroatoms. The predicted octanol–water partition coefficient (Wildman–Crippen LogP) is 0.0786. The molecule has 0 aliphatic heterocycles. The zero-order valence-electron chi connectivity index (χ0n) is 9.25. The standard InChI is InChI=1S/C9H22N2O3/c1-8(13-3)6-10-4-5-11-7-9(2)14-12/h8-12H,4-7H2,1-3H3. The molecule has 0 saturated heterocycles. The SMILES string of the molecule is COC(C)CNCCNCC(C)OO. The molecule has 0 spiro atoms. The molecule has 0 aromatic carbocycles. The van der Waals surface area contributed by atoms with E-state index in [1.54, 1.807) is 14.0 Å². The van der Waals surface area contributed by atoms with Crippen molar-refractivity contribution < 1.29 is 14.9 Å². The van der Waals surface area contributed by atoms with E-state index in [1.165, 1.54) is 0 Å². The Balaban J connectivity index is 3.06. The van der Waals surface area contributed by atoms with Crippen LogP contribution in [0.4, 0.5) is 0 Å². The average molecular weight is 206 g/mol. The summed E-state index contributed by atoms with van der Waals surface area (Å²) in [6.45, 7) is 7.05. The van der Waals surface area contributed by atoms with Crippen LogP contribution in [0.3, 0.4) is 0 Å². The first-order valence-electron chi connectivity index (χ1n) is 4.95. The third-order valence-corrected chi connectivity index (χ3v) is 1.92. The van der Waals surface area contributed by atoms with Crippen LogP contribution in [0, 0.1) is 0 Å². The fraction of sp³-hybridized carbons (Fsp3) is 1.00. The van der Waals surface area contributed by atoms with Gasteiger partial charge in [0, 0.05) is 33.3 Å². The van der Waals surface area contributed by atoms with Gasteiger partial charge in [-0.25, -0.2) is 4.89 Å². The topological polar surface area (TPSA) is 62.8 Å². The van der Waals surface area contributed by atoms with E-state index < -0.39 is 0 Å². The summed E-state index contributed by atoms with van der Waals surface area (Å²) in [5.41, 5.74) is 0. The van der Waals surface area contributed by atoms with Crippen molar-refractivity contribution in [2.24, 2.45) is 0 Å². The Morgan fingerprint density at radius 1 is 1.07 bits per heavy atom. The van der Waals surface area contributed by atoms with Gasteiger partial charge >= 0.3 is 0 Å². The number of hydrogen-bond donors (Lipinski definition) is 3. The van der Waals surface area contributed by atoms with Crippen molar-refractivity contribution in [3.05, 3.63) is 0 Å². The molecule has 0 bridgehead atoms. The number of hydrogen-bond acceptors (Lipinski definition) is 5. The molecule has 0 aromatic rings. The lowest BCUT2D eigenvalue weighted by molar-refractivity contribution is -0.272. The second kappa shape index (κ2) is 9.36. The Kier molecular flexibility index (Phi) is 9.23. The molecule has 0 heterocycles. The van der Waals surface area contributed by atoms with Crippen molar-refractivity contribution in [3.8, 4) is 0 Å². The molecule has 0 saturated carbocycles. The second-order valence-corrected chi connectivity index (χ2v) is 3.37. The van der Waals surface area contributed by atoms with Gasteiger partial charge in [-0.05, 0) is 13.8 Å². The molecule has 0 aliphatic rings. The Labute approximate surface area is 85.7 Å². The van der Waals surface area contributed by atoms with Crippen molar-refractivity contribution in [3.63, 3.8) is 0 Å². The average Bonchev–Trinajstić information content (AvgIpc) is 2.22. The van der Waals surface area contributed by atoms with Gasteiger partial charge in [-0.2, -0.15) is 0 Å². The highest BCUT2D eigenvalue weighted by Crippen LogP contribution is 1.83. The first kappa shape index (κ1) is 13.8. The summed E-state index contributed by atoms with van der Waals surface area (Å²) >= 11 is 0. The number of rotatable bonds is 9. The van der Waals surface area contributed by atoms with Gasteiger partial charge in [-0.3, -0.25) is 5.26 Å². The van der Waals surface area contributed by atoms with Crippen LogP contribution >= 0.6 is 0 Å². The molecule has 14 heavy (non-hydrogen) atoms. The Bertz CT molecular complexity index is 111. The fourth-order valence-corrected chi connectivity index (χ4v) is 0.908. The van der Waals surface area contributed by atoms with Crippen LogP contribution in [-0.4, -0.2) is 50.8 Å². The quantitative estimate of drug-likeness (QED) is 0.283. The Morgan fingerprint density at radius 2 is 1.57 bits per heavy atom. The van der Waals surface area contributed by atoms with E-state index in [1.807, 2.05) is 6.92 Å². The van der Waals surface area contributed by atoms with E-state index in [0.29, 0.717) is 6.54 Å². The molecule has 0 fully saturated rings. The van der Waals surface area contributed by atoms with Crippen molar-refractivity contribution >= 4 is 0 Å². The Morgan fingerprint density at radius 3 is 2.00 bits per heavy atom. The van der Waals surface area contributed by atoms with E-state index >= 15 is 0 Å². The van der Waals surface area contributed by atoms with E-state index in [2.05, 4.69) is 15.5 Å². The number of methoxy groups -OCH3 is 1. The maximum Gasteiger partial charge on any atom is 0.102 e. The molecule has 0 amide bonds. The zero-order chi connectivity index (χ0) is 10.8. The van der Waals surface area contributed by atoms with Gasteiger partial charge in [-0.1, -0.05) is 0 Å². The fourth-order valence-electron chi connectivity index (χ4n) is 0.908. The molecule has 0 aliphatic carbocycles. The van der Waals surface area contributed by atoms with Crippen molar-refractivity contribution in [2.75, 3.05) is 33.3 Å². The maximum atomic E-state index is 8.27. The van der Waals surface area contributed by atoms with E-state index in [9.17, 15) is 0 Å². The molecule has 2 unspecified atom stereocenters. The summed E-state index contributed by atoms with van der Waals surface area (Å²) < 4.78 is 5.08. The Hall–Kier alpha value is -0.200. The monoisotopic (exact) mass is 206 g/mol. The highest BCUT2D eigenvalue weighted by atomic mass is 17.1. The third kappa shape index (κ3) is 8.40. The largest absolute Gasteiger partial charge is 0.380 e. The van der Waals surface area contributed by atoms with Crippen LogP contribution in [0.2, 0.25) is 0 Å². The van der Waals surface area contributed by atoms with Gasteiger partial charge in [0.05, 0.1) is 6.10 Å². The van der Waals surface area contributed by atoms with Gasteiger partial charge < -0.3 is 15.4 Å². The first-order chi connectivity index (χ1) is 6.70. The number of ether oxygens (including phenoxy) is 1. The van der Waals surface area contributed by atoms with Gasteiger partial charge in [0.25, 0.3) is 0 Å². The van der Waals surface area contributed by atoms with E-state index in [-0.39, 0.29) is 12.2 Å².